The molecule has 4 unspecified atom stereocenters. The highest BCUT2D eigenvalue weighted by Gasteiger charge is 2.75. The molecular formula is C29H50O3. The van der Waals surface area contributed by atoms with Crippen molar-refractivity contribution >= 4 is 0 Å². The largest absolute Gasteiger partial charge is 0.390 e. The Morgan fingerprint density at radius 2 is 1.62 bits per heavy atom. The smallest absolute Gasteiger partial charge is 0.100 e. The third-order valence-electron chi connectivity index (χ3n) is 12.4. The second kappa shape index (κ2) is 7.95. The van der Waals surface area contributed by atoms with Crippen LogP contribution in [0.25, 0.3) is 0 Å². The molecule has 0 amide bonds. The maximum absolute atomic E-state index is 11.3. The summed E-state index contributed by atoms with van der Waals surface area (Å²) < 4.78 is 6.58. The zero-order chi connectivity index (χ0) is 23.1. The number of aliphatic hydroxyl groups excluding tert-OH is 2. The lowest BCUT2D eigenvalue weighted by molar-refractivity contribution is -0.117. The van der Waals surface area contributed by atoms with Gasteiger partial charge in [-0.3, -0.25) is 0 Å². The fraction of sp³-hybridized carbons (Fsp3) is 1.00. The van der Waals surface area contributed by atoms with Gasteiger partial charge in [0.15, 0.2) is 0 Å². The predicted molar refractivity (Wildman–Crippen MR) is 129 cm³/mol. The van der Waals surface area contributed by atoms with Crippen LogP contribution < -0.4 is 0 Å². The quantitative estimate of drug-likeness (QED) is 0.477. The van der Waals surface area contributed by atoms with Crippen LogP contribution in [0.4, 0.5) is 0 Å². The van der Waals surface area contributed by atoms with Crippen LogP contribution in [0, 0.1) is 52.3 Å². The van der Waals surface area contributed by atoms with Crippen LogP contribution in [0.15, 0.2) is 0 Å². The maximum atomic E-state index is 11.3. The molecule has 2 N–H and O–H groups in total. The van der Waals surface area contributed by atoms with Gasteiger partial charge in [-0.2, -0.15) is 0 Å². The van der Waals surface area contributed by atoms with E-state index in [2.05, 4.69) is 41.5 Å². The summed E-state index contributed by atoms with van der Waals surface area (Å²) in [4.78, 5) is 0. The summed E-state index contributed by atoms with van der Waals surface area (Å²) in [5.41, 5.74) is 0.934. The van der Waals surface area contributed by atoms with Gasteiger partial charge in [0.1, 0.15) is 5.60 Å². The Morgan fingerprint density at radius 3 is 2.31 bits per heavy atom. The molecule has 0 aromatic rings. The Labute approximate surface area is 197 Å². The standard InChI is InChI=1S/C29H50O3/c1-7-19(17(2)3)26(31)25(30)18(4)21-10-11-22-20-16-24-29(32-24)14-9-8-13-28(29,6)23(20)12-15-27(21,22)5/h17-26,30-31H,7-16H2,1-6H3/t18-,19-,20-,21+,22-,23-,24?,25?,26?,27+,28+,29?/m0/s1. The second-order valence-electron chi connectivity index (χ2n) is 13.6. The Kier molecular flexibility index (Phi) is 5.87. The van der Waals surface area contributed by atoms with E-state index in [1.807, 2.05) is 0 Å². The van der Waals surface area contributed by atoms with Gasteiger partial charge in [0, 0.05) is 5.41 Å². The molecule has 0 radical (unpaired) electrons. The van der Waals surface area contributed by atoms with Crippen molar-refractivity contribution in [1.29, 1.82) is 0 Å². The fourth-order valence-corrected chi connectivity index (χ4v) is 10.5. The highest BCUT2D eigenvalue weighted by atomic mass is 16.6. The van der Waals surface area contributed by atoms with Crippen molar-refractivity contribution in [2.45, 2.75) is 130 Å². The van der Waals surface area contributed by atoms with E-state index in [0.29, 0.717) is 28.8 Å². The van der Waals surface area contributed by atoms with Crippen molar-refractivity contribution in [3.05, 3.63) is 0 Å². The SMILES string of the molecule is CC[C@@H](C(C)C)C(O)C(O)[C@@H](C)[C@H]1CC[C@H]2[C@@H]3CC4OC45CCCC[C@]5(C)[C@H]3CC[C@]12C. The summed E-state index contributed by atoms with van der Waals surface area (Å²) in [5, 5.41) is 22.4. The molecule has 5 aliphatic rings. The Morgan fingerprint density at radius 1 is 0.906 bits per heavy atom. The fourth-order valence-electron chi connectivity index (χ4n) is 10.5. The molecule has 0 aromatic carbocycles. The molecule has 0 bridgehead atoms. The maximum Gasteiger partial charge on any atom is 0.100 e. The molecule has 0 aromatic heterocycles. The summed E-state index contributed by atoms with van der Waals surface area (Å²) in [5.74, 6) is 3.66. The van der Waals surface area contributed by atoms with Crippen molar-refractivity contribution in [3.63, 3.8) is 0 Å². The average molecular weight is 447 g/mol. The van der Waals surface area contributed by atoms with Gasteiger partial charge < -0.3 is 14.9 Å². The summed E-state index contributed by atoms with van der Waals surface area (Å²) in [6.07, 6.45) is 12.1. The van der Waals surface area contributed by atoms with E-state index in [1.54, 1.807) is 0 Å². The minimum atomic E-state index is -0.609. The molecule has 4 aliphatic carbocycles. The number of hydrogen-bond donors (Lipinski definition) is 2. The molecule has 3 heteroatoms. The molecule has 12 atom stereocenters. The van der Waals surface area contributed by atoms with Gasteiger partial charge in [-0.1, -0.05) is 60.8 Å². The van der Waals surface area contributed by atoms with Crippen LogP contribution in [0.5, 0.6) is 0 Å². The number of ether oxygens (including phenoxy) is 1. The van der Waals surface area contributed by atoms with Crippen LogP contribution in [-0.4, -0.2) is 34.1 Å². The molecule has 5 fully saturated rings. The van der Waals surface area contributed by atoms with E-state index in [1.165, 1.54) is 57.8 Å². The number of epoxide rings is 1. The lowest BCUT2D eigenvalue weighted by Crippen LogP contribution is -2.57. The van der Waals surface area contributed by atoms with Crippen LogP contribution in [0.1, 0.15) is 106 Å². The normalized spacial score (nSPS) is 51.1. The molecule has 1 saturated heterocycles. The first-order valence-corrected chi connectivity index (χ1v) is 14.1. The van der Waals surface area contributed by atoms with Crippen LogP contribution in [0.3, 0.4) is 0 Å². The van der Waals surface area contributed by atoms with E-state index in [9.17, 15) is 10.2 Å². The summed E-state index contributed by atoms with van der Waals surface area (Å²) >= 11 is 0. The van der Waals surface area contributed by atoms with Crippen LogP contribution in [-0.2, 0) is 4.74 Å². The van der Waals surface area contributed by atoms with Crippen LogP contribution >= 0.6 is 0 Å². The second-order valence-corrected chi connectivity index (χ2v) is 13.6. The predicted octanol–water partition coefficient (Wildman–Crippen LogP) is 6.21. The van der Waals surface area contributed by atoms with Crippen molar-refractivity contribution in [2.24, 2.45) is 52.3 Å². The lowest BCUT2D eigenvalue weighted by Gasteiger charge is -2.59. The van der Waals surface area contributed by atoms with Gasteiger partial charge in [-0.25, -0.2) is 0 Å². The Balaban J connectivity index is 1.35. The number of hydrogen-bond acceptors (Lipinski definition) is 3. The molecule has 1 spiro atoms. The highest BCUT2D eigenvalue weighted by molar-refractivity contribution is 5.23. The van der Waals surface area contributed by atoms with E-state index >= 15 is 0 Å². The molecule has 32 heavy (non-hydrogen) atoms. The van der Waals surface area contributed by atoms with E-state index in [4.69, 9.17) is 4.74 Å². The zero-order valence-electron chi connectivity index (χ0n) is 21.6. The molecule has 1 heterocycles. The van der Waals surface area contributed by atoms with Gasteiger partial charge in [0.05, 0.1) is 18.3 Å². The summed E-state index contributed by atoms with van der Waals surface area (Å²) in [7, 11) is 0. The Hall–Kier alpha value is -0.120. The van der Waals surface area contributed by atoms with E-state index in [-0.39, 0.29) is 17.4 Å². The first-order chi connectivity index (χ1) is 15.1. The Bertz CT molecular complexity index is 707. The third kappa shape index (κ3) is 3.08. The molecule has 5 rings (SSSR count). The minimum absolute atomic E-state index is 0.162. The van der Waals surface area contributed by atoms with Gasteiger partial charge in [-0.15, -0.1) is 0 Å². The number of fused-ring (bicyclic) bond motifs is 4. The summed E-state index contributed by atoms with van der Waals surface area (Å²) in [6, 6.07) is 0. The van der Waals surface area contributed by atoms with Crippen molar-refractivity contribution in [3.8, 4) is 0 Å². The van der Waals surface area contributed by atoms with Gasteiger partial charge >= 0.3 is 0 Å². The molecule has 184 valence electrons. The molecule has 3 nitrogen and oxygen atoms in total. The zero-order valence-corrected chi connectivity index (χ0v) is 21.6. The van der Waals surface area contributed by atoms with Crippen LogP contribution in [0.2, 0.25) is 0 Å². The van der Waals surface area contributed by atoms with Gasteiger partial charge in [-0.05, 0) is 91.8 Å². The van der Waals surface area contributed by atoms with E-state index in [0.717, 1.165) is 24.2 Å². The molecule has 1 aliphatic heterocycles. The van der Waals surface area contributed by atoms with Crippen molar-refractivity contribution < 1.29 is 14.9 Å². The van der Waals surface area contributed by atoms with Crippen molar-refractivity contribution in [1.82, 2.24) is 0 Å². The summed E-state index contributed by atoms with van der Waals surface area (Å²) in [6.45, 7) is 13.9. The first kappa shape index (κ1) is 23.6. The van der Waals surface area contributed by atoms with Gasteiger partial charge in [0.2, 0.25) is 0 Å². The highest BCUT2D eigenvalue weighted by Crippen LogP contribution is 2.74. The molecule has 4 saturated carbocycles. The minimum Gasteiger partial charge on any atom is -0.390 e. The first-order valence-electron chi connectivity index (χ1n) is 14.1. The molecular weight excluding hydrogens is 396 g/mol. The lowest BCUT2D eigenvalue weighted by atomic mass is 9.44. The third-order valence-corrected chi connectivity index (χ3v) is 12.4. The number of rotatable bonds is 6. The topological polar surface area (TPSA) is 53.0 Å². The van der Waals surface area contributed by atoms with Crippen molar-refractivity contribution in [2.75, 3.05) is 0 Å². The average Bonchev–Trinajstić information content (AvgIpc) is 3.34. The van der Waals surface area contributed by atoms with Gasteiger partial charge in [0.25, 0.3) is 0 Å². The monoisotopic (exact) mass is 446 g/mol. The number of aliphatic hydroxyl groups is 2. The van der Waals surface area contributed by atoms with E-state index < -0.39 is 12.2 Å².